The molecule has 0 spiro atoms. The van der Waals surface area contributed by atoms with Crippen molar-refractivity contribution in [2.75, 3.05) is 0 Å². The first-order valence-electron chi connectivity index (χ1n) is 10.4. The Morgan fingerprint density at radius 3 is 2.33 bits per heavy atom. The standard InChI is InChI=1S/C22H40O4Si/c1-6-8-10-12-16-22(26-27(3,4)5)18-20(24)14-13-17-21(25-19-23)15-11-9-7-2/h12-14,16,19,21-22H,6-11,15,17-18H2,1-5H3/b14-13+,16-12+/t21-,22+/m1/s1. The van der Waals surface area contributed by atoms with Crippen LogP contribution in [0, 0.1) is 0 Å². The van der Waals surface area contributed by atoms with E-state index in [9.17, 15) is 9.59 Å². The molecule has 0 heterocycles. The van der Waals surface area contributed by atoms with Crippen molar-refractivity contribution in [3.05, 3.63) is 24.3 Å². The monoisotopic (exact) mass is 396 g/mol. The molecule has 0 unspecified atom stereocenters. The Morgan fingerprint density at radius 2 is 1.74 bits per heavy atom. The Kier molecular flexibility index (Phi) is 15.1. The van der Waals surface area contributed by atoms with E-state index in [4.69, 9.17) is 9.16 Å². The quantitative estimate of drug-likeness (QED) is 0.0997. The number of hydrogen-bond acceptors (Lipinski definition) is 4. The topological polar surface area (TPSA) is 52.6 Å². The van der Waals surface area contributed by atoms with Crippen LogP contribution in [0.3, 0.4) is 0 Å². The van der Waals surface area contributed by atoms with Gasteiger partial charge in [0, 0.05) is 12.8 Å². The summed E-state index contributed by atoms with van der Waals surface area (Å²) >= 11 is 0. The third-order valence-electron chi connectivity index (χ3n) is 4.06. The number of allylic oxidation sites excluding steroid dienone is 2. The van der Waals surface area contributed by atoms with E-state index in [0.29, 0.717) is 19.3 Å². The molecule has 0 bridgehead atoms. The van der Waals surface area contributed by atoms with Crippen molar-refractivity contribution in [3.8, 4) is 0 Å². The SMILES string of the molecule is CCCC/C=C/[C@@H](CC(=O)/C=C/C[C@@H](CCCCC)OC=O)O[Si](C)(C)C. The van der Waals surface area contributed by atoms with E-state index in [-0.39, 0.29) is 18.0 Å². The molecule has 27 heavy (non-hydrogen) atoms. The predicted octanol–water partition coefficient (Wildman–Crippen LogP) is 5.98. The smallest absolute Gasteiger partial charge is 0.293 e. The van der Waals surface area contributed by atoms with Crippen molar-refractivity contribution in [1.29, 1.82) is 0 Å². The average molecular weight is 397 g/mol. The van der Waals surface area contributed by atoms with Gasteiger partial charge in [-0.25, -0.2) is 0 Å². The van der Waals surface area contributed by atoms with Gasteiger partial charge in [-0.2, -0.15) is 0 Å². The Balaban J connectivity index is 4.59. The van der Waals surface area contributed by atoms with E-state index in [0.717, 1.165) is 44.9 Å². The van der Waals surface area contributed by atoms with Crippen LogP contribution in [-0.4, -0.2) is 32.8 Å². The Morgan fingerprint density at radius 1 is 1.04 bits per heavy atom. The molecule has 0 aliphatic rings. The lowest BCUT2D eigenvalue weighted by Crippen LogP contribution is -2.32. The first kappa shape index (κ1) is 25.8. The highest BCUT2D eigenvalue weighted by atomic mass is 28.4. The molecule has 156 valence electrons. The third-order valence-corrected chi connectivity index (χ3v) is 5.07. The van der Waals surface area contributed by atoms with E-state index in [1.54, 1.807) is 6.08 Å². The minimum absolute atomic E-state index is 0.0526. The number of unbranched alkanes of at least 4 members (excludes halogenated alkanes) is 4. The van der Waals surface area contributed by atoms with Gasteiger partial charge in [0.1, 0.15) is 6.10 Å². The fourth-order valence-electron chi connectivity index (χ4n) is 2.73. The van der Waals surface area contributed by atoms with Crippen LogP contribution in [0.5, 0.6) is 0 Å². The van der Waals surface area contributed by atoms with E-state index in [1.807, 2.05) is 12.2 Å². The van der Waals surface area contributed by atoms with E-state index in [2.05, 4.69) is 39.6 Å². The molecule has 0 rings (SSSR count). The Labute approximate surface area is 167 Å². The number of rotatable bonds is 17. The second kappa shape index (κ2) is 15.8. The fraction of sp³-hybridized carbons (Fsp3) is 0.727. The van der Waals surface area contributed by atoms with Crippen LogP contribution in [-0.2, 0) is 18.8 Å². The van der Waals surface area contributed by atoms with Crippen molar-refractivity contribution in [1.82, 2.24) is 0 Å². The largest absolute Gasteiger partial charge is 0.464 e. The number of ketones is 1. The third kappa shape index (κ3) is 16.7. The van der Waals surface area contributed by atoms with E-state index in [1.165, 1.54) is 0 Å². The predicted molar refractivity (Wildman–Crippen MR) is 115 cm³/mol. The van der Waals surface area contributed by atoms with Crippen LogP contribution in [0.25, 0.3) is 0 Å². The zero-order chi connectivity index (χ0) is 20.5. The van der Waals surface area contributed by atoms with Crippen LogP contribution < -0.4 is 0 Å². The summed E-state index contributed by atoms with van der Waals surface area (Å²) < 4.78 is 11.3. The molecule has 0 aromatic carbocycles. The molecule has 4 nitrogen and oxygen atoms in total. The molecule has 0 aliphatic heterocycles. The summed E-state index contributed by atoms with van der Waals surface area (Å²) in [5.74, 6) is 0.0526. The summed E-state index contributed by atoms with van der Waals surface area (Å²) in [6.07, 6.45) is 15.7. The van der Waals surface area contributed by atoms with Gasteiger partial charge in [-0.3, -0.25) is 9.59 Å². The first-order chi connectivity index (χ1) is 12.8. The zero-order valence-electron chi connectivity index (χ0n) is 18.0. The second-order valence-corrected chi connectivity index (χ2v) is 12.5. The zero-order valence-corrected chi connectivity index (χ0v) is 19.0. The van der Waals surface area contributed by atoms with Gasteiger partial charge in [-0.1, -0.05) is 57.8 Å². The molecule has 5 heteroatoms. The van der Waals surface area contributed by atoms with Crippen LogP contribution >= 0.6 is 0 Å². The minimum atomic E-state index is -1.72. The maximum atomic E-state index is 12.3. The molecule has 2 atom stereocenters. The first-order valence-corrected chi connectivity index (χ1v) is 13.9. The molecular formula is C22H40O4Si. The second-order valence-electron chi connectivity index (χ2n) is 8.00. The summed E-state index contributed by atoms with van der Waals surface area (Å²) in [6.45, 7) is 11.2. The number of carbonyl (C=O) groups excluding carboxylic acids is 2. The summed E-state index contributed by atoms with van der Waals surface area (Å²) in [4.78, 5) is 23.0. The van der Waals surface area contributed by atoms with E-state index < -0.39 is 8.32 Å². The highest BCUT2D eigenvalue weighted by Gasteiger charge is 2.20. The molecule has 0 amide bonds. The highest BCUT2D eigenvalue weighted by Crippen LogP contribution is 2.14. The molecule has 0 aromatic rings. The molecule has 0 aromatic heterocycles. The van der Waals surface area contributed by atoms with Gasteiger partial charge >= 0.3 is 0 Å². The fourth-order valence-corrected chi connectivity index (χ4v) is 3.80. The van der Waals surface area contributed by atoms with Crippen molar-refractivity contribution in [2.45, 2.75) is 103 Å². The van der Waals surface area contributed by atoms with Crippen LogP contribution in [0.2, 0.25) is 19.6 Å². The molecule has 0 aliphatic carbocycles. The van der Waals surface area contributed by atoms with Gasteiger partial charge < -0.3 is 9.16 Å². The average Bonchev–Trinajstić information content (AvgIpc) is 2.57. The molecule has 0 N–H and O–H groups in total. The van der Waals surface area contributed by atoms with Gasteiger partial charge in [0.25, 0.3) is 6.47 Å². The number of carbonyl (C=O) groups is 2. The van der Waals surface area contributed by atoms with Gasteiger partial charge in [-0.05, 0) is 45.0 Å². The maximum Gasteiger partial charge on any atom is 0.293 e. The molecule has 0 saturated heterocycles. The van der Waals surface area contributed by atoms with Crippen LogP contribution in [0.4, 0.5) is 0 Å². The minimum Gasteiger partial charge on any atom is -0.464 e. The van der Waals surface area contributed by atoms with Crippen molar-refractivity contribution >= 4 is 20.6 Å². The Hall–Kier alpha value is -1.20. The molecule has 0 saturated carbocycles. The lowest BCUT2D eigenvalue weighted by Gasteiger charge is -2.23. The van der Waals surface area contributed by atoms with Gasteiger partial charge in [0.15, 0.2) is 14.1 Å². The van der Waals surface area contributed by atoms with Crippen molar-refractivity contribution in [2.24, 2.45) is 0 Å². The molecule has 0 fully saturated rings. The Bertz CT molecular complexity index is 452. The molecular weight excluding hydrogens is 356 g/mol. The summed E-state index contributed by atoms with van der Waals surface area (Å²) in [5.41, 5.74) is 0. The van der Waals surface area contributed by atoms with Gasteiger partial charge in [-0.15, -0.1) is 0 Å². The van der Waals surface area contributed by atoms with Crippen LogP contribution in [0.1, 0.15) is 71.6 Å². The normalized spacial score (nSPS) is 14.6. The van der Waals surface area contributed by atoms with Crippen LogP contribution in [0.15, 0.2) is 24.3 Å². The lowest BCUT2D eigenvalue weighted by molar-refractivity contribution is -0.133. The lowest BCUT2D eigenvalue weighted by atomic mass is 10.1. The number of ether oxygens (including phenoxy) is 1. The summed E-state index contributed by atoms with van der Waals surface area (Å²) in [6, 6.07) is 0. The highest BCUT2D eigenvalue weighted by molar-refractivity contribution is 6.69. The maximum absolute atomic E-state index is 12.3. The van der Waals surface area contributed by atoms with Crippen molar-refractivity contribution < 1.29 is 18.8 Å². The summed E-state index contributed by atoms with van der Waals surface area (Å²) in [7, 11) is -1.72. The van der Waals surface area contributed by atoms with Gasteiger partial charge in [0.05, 0.1) is 6.10 Å². The van der Waals surface area contributed by atoms with Crippen molar-refractivity contribution in [3.63, 3.8) is 0 Å². The number of hydrogen-bond donors (Lipinski definition) is 0. The summed E-state index contributed by atoms with van der Waals surface area (Å²) in [5, 5.41) is 0. The van der Waals surface area contributed by atoms with E-state index >= 15 is 0 Å². The molecule has 0 radical (unpaired) electrons. The van der Waals surface area contributed by atoms with Gasteiger partial charge in [0.2, 0.25) is 0 Å².